The van der Waals surface area contributed by atoms with Crippen molar-refractivity contribution in [3.63, 3.8) is 0 Å². The Hall–Kier alpha value is -9.90. The number of benzene rings is 11. The topological polar surface area (TPSA) is 43.9 Å². The molecule has 0 radical (unpaired) electrons. The Labute approximate surface area is 428 Å². The monoisotopic (exact) mass is 943 g/mol. The summed E-state index contributed by atoms with van der Waals surface area (Å²) in [6.45, 7) is 0. The molecule has 4 heteroatoms. The van der Waals surface area contributed by atoms with Crippen molar-refractivity contribution < 1.29 is 4.42 Å². The van der Waals surface area contributed by atoms with Gasteiger partial charge in [-0.2, -0.15) is 0 Å². The maximum Gasteiger partial charge on any atom is 0.180 e. The van der Waals surface area contributed by atoms with Crippen LogP contribution in [0.15, 0.2) is 277 Å². The van der Waals surface area contributed by atoms with Crippen LogP contribution >= 0.6 is 0 Å². The summed E-state index contributed by atoms with van der Waals surface area (Å²) >= 11 is 0. The van der Waals surface area contributed by atoms with Crippen LogP contribution in [0.5, 0.6) is 0 Å². The van der Waals surface area contributed by atoms with Crippen molar-refractivity contribution >= 4 is 43.9 Å². The largest absolute Gasteiger partial charge is 0.452 e. The molecule has 14 aromatic rings. The Balaban J connectivity index is 1.11. The highest BCUT2D eigenvalue weighted by Gasteiger charge is 2.25. The van der Waals surface area contributed by atoms with E-state index in [1.54, 1.807) is 0 Å². The molecule has 0 bridgehead atoms. The van der Waals surface area contributed by atoms with E-state index in [-0.39, 0.29) is 0 Å². The summed E-state index contributed by atoms with van der Waals surface area (Å²) in [5, 5.41) is 3.29. The molecule has 4 nitrogen and oxygen atoms in total. The molecule has 0 aliphatic heterocycles. The van der Waals surface area contributed by atoms with Crippen molar-refractivity contribution in [1.82, 2.24) is 14.5 Å². The zero-order chi connectivity index (χ0) is 49.0. The molecule has 11 aromatic carbocycles. The van der Waals surface area contributed by atoms with Crippen LogP contribution < -0.4 is 0 Å². The SMILES string of the molecule is c1ccc(-c2ccc(-c3cc(-c4nc(-c5ccccc5)nc5c4oc4ccccc45)cc(-c4ccc(-c5ccccc5)cc4)c3-n3c4ccc(-c5ccccc5)cc4c4cc(-c5ccccc5)ccc43)cc2)cc1. The van der Waals surface area contributed by atoms with Crippen molar-refractivity contribution in [3.8, 4) is 95.1 Å². The second-order valence-corrected chi connectivity index (χ2v) is 18.9. The lowest BCUT2D eigenvalue weighted by molar-refractivity contribution is 0.667. The van der Waals surface area contributed by atoms with E-state index in [0.717, 1.165) is 83.4 Å². The van der Waals surface area contributed by atoms with Gasteiger partial charge < -0.3 is 8.98 Å². The molecular formula is C70H45N3O. The predicted molar refractivity (Wildman–Crippen MR) is 307 cm³/mol. The van der Waals surface area contributed by atoms with Crippen LogP contribution in [0.3, 0.4) is 0 Å². The van der Waals surface area contributed by atoms with Crippen LogP contribution in [0, 0.1) is 0 Å². The summed E-state index contributed by atoms with van der Waals surface area (Å²) in [5.41, 5.74) is 21.6. The first-order valence-electron chi connectivity index (χ1n) is 25.1. The Bertz CT molecular complexity index is 4150. The van der Waals surface area contributed by atoms with E-state index in [4.69, 9.17) is 14.4 Å². The molecule has 14 rings (SSSR count). The van der Waals surface area contributed by atoms with Gasteiger partial charge in [0.15, 0.2) is 11.4 Å². The third-order valence-corrected chi connectivity index (χ3v) is 14.4. The smallest absolute Gasteiger partial charge is 0.180 e. The maximum absolute atomic E-state index is 6.83. The molecule has 0 saturated carbocycles. The molecule has 74 heavy (non-hydrogen) atoms. The van der Waals surface area contributed by atoms with Gasteiger partial charge in [0.2, 0.25) is 0 Å². The highest BCUT2D eigenvalue weighted by molar-refractivity contribution is 6.14. The molecule has 3 aromatic heterocycles. The molecule has 0 atom stereocenters. The third kappa shape index (κ3) is 7.56. The zero-order valence-corrected chi connectivity index (χ0v) is 40.2. The van der Waals surface area contributed by atoms with Gasteiger partial charge in [0.05, 0.1) is 16.7 Å². The van der Waals surface area contributed by atoms with E-state index in [0.29, 0.717) is 11.4 Å². The van der Waals surface area contributed by atoms with Gasteiger partial charge in [-0.3, -0.25) is 0 Å². The summed E-state index contributed by atoms with van der Waals surface area (Å²) in [4.78, 5) is 10.7. The Morgan fingerprint density at radius 1 is 0.284 bits per heavy atom. The predicted octanol–water partition coefficient (Wildman–Crippen LogP) is 18.8. The second kappa shape index (κ2) is 18.1. The zero-order valence-electron chi connectivity index (χ0n) is 40.2. The van der Waals surface area contributed by atoms with Gasteiger partial charge in [-0.15, -0.1) is 0 Å². The number of furan rings is 1. The fourth-order valence-electron chi connectivity index (χ4n) is 10.8. The first kappa shape index (κ1) is 42.9. The molecular weight excluding hydrogens is 899 g/mol. The molecule has 0 amide bonds. The van der Waals surface area contributed by atoms with Crippen molar-refractivity contribution in [2.24, 2.45) is 0 Å². The van der Waals surface area contributed by atoms with Crippen LogP contribution in [0.2, 0.25) is 0 Å². The Kier molecular flexibility index (Phi) is 10.5. The Morgan fingerprint density at radius 3 is 1.14 bits per heavy atom. The van der Waals surface area contributed by atoms with E-state index in [1.165, 1.54) is 44.2 Å². The number of aromatic nitrogens is 3. The van der Waals surface area contributed by atoms with Gasteiger partial charge in [-0.05, 0) is 104 Å². The number of rotatable bonds is 9. The van der Waals surface area contributed by atoms with E-state index < -0.39 is 0 Å². The molecule has 0 aliphatic carbocycles. The van der Waals surface area contributed by atoms with E-state index in [1.807, 2.05) is 36.4 Å². The second-order valence-electron chi connectivity index (χ2n) is 18.9. The van der Waals surface area contributed by atoms with Crippen molar-refractivity contribution in [2.75, 3.05) is 0 Å². The number of hydrogen-bond donors (Lipinski definition) is 0. The lowest BCUT2D eigenvalue weighted by Crippen LogP contribution is -2.03. The number of hydrogen-bond acceptors (Lipinski definition) is 3. The molecule has 0 spiro atoms. The summed E-state index contributed by atoms with van der Waals surface area (Å²) in [6.07, 6.45) is 0. The molecule has 0 N–H and O–H groups in total. The molecule has 3 heterocycles. The molecule has 0 saturated heterocycles. The normalized spacial score (nSPS) is 11.5. The average Bonchev–Trinajstić information content (AvgIpc) is 4.03. The number of fused-ring (bicyclic) bond motifs is 6. The quantitative estimate of drug-likeness (QED) is 0.145. The molecule has 0 unspecified atom stereocenters. The van der Waals surface area contributed by atoms with Crippen LogP contribution in [0.1, 0.15) is 0 Å². The first-order chi connectivity index (χ1) is 36.7. The van der Waals surface area contributed by atoms with Crippen LogP contribution in [-0.2, 0) is 0 Å². The molecule has 0 fully saturated rings. The van der Waals surface area contributed by atoms with Crippen LogP contribution in [-0.4, -0.2) is 14.5 Å². The van der Waals surface area contributed by atoms with Crippen molar-refractivity contribution in [1.29, 1.82) is 0 Å². The summed E-state index contributed by atoms with van der Waals surface area (Å²) in [7, 11) is 0. The van der Waals surface area contributed by atoms with E-state index in [2.05, 4.69) is 241 Å². The molecule has 346 valence electrons. The number of nitrogens with zero attached hydrogens (tertiary/aromatic N) is 3. The first-order valence-corrected chi connectivity index (χ1v) is 25.1. The maximum atomic E-state index is 6.83. The van der Waals surface area contributed by atoms with Crippen molar-refractivity contribution in [2.45, 2.75) is 0 Å². The highest BCUT2D eigenvalue weighted by atomic mass is 16.3. The van der Waals surface area contributed by atoms with Gasteiger partial charge >= 0.3 is 0 Å². The van der Waals surface area contributed by atoms with Gasteiger partial charge in [-0.25, -0.2) is 9.97 Å². The lowest BCUT2D eigenvalue weighted by Gasteiger charge is -2.22. The van der Waals surface area contributed by atoms with Crippen molar-refractivity contribution in [3.05, 3.63) is 273 Å². The van der Waals surface area contributed by atoms with Crippen LogP contribution in [0.25, 0.3) is 139 Å². The lowest BCUT2D eigenvalue weighted by atomic mass is 9.90. The third-order valence-electron chi connectivity index (χ3n) is 14.4. The Morgan fingerprint density at radius 2 is 0.662 bits per heavy atom. The summed E-state index contributed by atoms with van der Waals surface area (Å²) < 4.78 is 9.34. The van der Waals surface area contributed by atoms with E-state index in [9.17, 15) is 0 Å². The van der Waals surface area contributed by atoms with Gasteiger partial charge in [0, 0.05) is 38.4 Å². The van der Waals surface area contributed by atoms with Gasteiger partial charge in [0.25, 0.3) is 0 Å². The van der Waals surface area contributed by atoms with E-state index >= 15 is 0 Å². The molecule has 0 aliphatic rings. The minimum Gasteiger partial charge on any atom is -0.452 e. The highest BCUT2D eigenvalue weighted by Crippen LogP contribution is 2.47. The van der Waals surface area contributed by atoms with Gasteiger partial charge in [-0.1, -0.05) is 224 Å². The standard InChI is InChI=1S/C70H45N3O/c1-6-18-46(19-7-1)50-30-34-52(35-31-50)59-44-57(66-69-67(58-28-16-17-29-65(58)74-69)72-70(71-66)54-26-14-5-15-27-54)45-60(53-36-32-51(33-37-53)47-20-8-2-9-21-47)68(59)73-63-40-38-55(48-22-10-3-11-23-48)42-61(63)62-43-56(39-41-64(62)73)49-24-12-4-13-25-49/h1-45H. The number of para-hydroxylation sites is 1. The van der Waals surface area contributed by atoms with Crippen LogP contribution in [0.4, 0.5) is 0 Å². The fraction of sp³-hybridized carbons (Fsp3) is 0. The average molecular weight is 944 g/mol. The summed E-state index contributed by atoms with van der Waals surface area (Å²) in [6, 6.07) is 97.6. The minimum atomic E-state index is 0.636. The minimum absolute atomic E-state index is 0.636. The van der Waals surface area contributed by atoms with Gasteiger partial charge in [0.1, 0.15) is 16.8 Å². The fourth-order valence-corrected chi connectivity index (χ4v) is 10.8. The summed E-state index contributed by atoms with van der Waals surface area (Å²) in [5.74, 6) is 0.636.